The molecule has 1 heterocycles. The van der Waals surface area contributed by atoms with Crippen LogP contribution in [0, 0.1) is 5.41 Å². The van der Waals surface area contributed by atoms with Crippen LogP contribution in [0.5, 0.6) is 0 Å². The van der Waals surface area contributed by atoms with Gasteiger partial charge in [-0.1, -0.05) is 6.58 Å². The smallest absolute Gasteiger partial charge is 0.416 e. The Morgan fingerprint density at radius 1 is 1.31 bits per heavy atom. The Labute approximate surface area is 172 Å². The number of nitrogens with zero attached hydrogens (tertiary/aromatic N) is 2. The highest BCUT2D eigenvalue weighted by atomic mass is 35.5. The number of carbonyl (C=O) groups excluding carboxylic acids is 2. The zero-order valence-electron chi connectivity index (χ0n) is 16.5. The van der Waals surface area contributed by atoms with Crippen LogP contribution in [0.15, 0.2) is 42.8 Å². The second-order valence-electron chi connectivity index (χ2n) is 6.51. The highest BCUT2D eigenvalue weighted by Gasteiger charge is 2.35. The first-order chi connectivity index (χ1) is 13.3. The Hall–Kier alpha value is -2.68. The molecule has 0 aliphatic carbocycles. The predicted octanol–water partition coefficient (Wildman–Crippen LogP) is 4.98. The van der Waals surface area contributed by atoms with Crippen LogP contribution in [0.2, 0.25) is 0 Å². The quantitative estimate of drug-likeness (QED) is 0.177. The molecule has 0 aliphatic rings. The van der Waals surface area contributed by atoms with Gasteiger partial charge in [-0.25, -0.2) is 4.79 Å². The van der Waals surface area contributed by atoms with Crippen molar-refractivity contribution in [3.63, 3.8) is 0 Å². The highest BCUT2D eigenvalue weighted by Crippen LogP contribution is 2.32. The monoisotopic (exact) mass is 433 g/mol. The summed E-state index contributed by atoms with van der Waals surface area (Å²) in [6, 6.07) is 0.788. The number of amidine groups is 1. The van der Waals surface area contributed by atoms with Crippen LogP contribution >= 0.6 is 11.6 Å². The molecule has 1 aromatic rings. The van der Waals surface area contributed by atoms with Crippen LogP contribution < -0.4 is 0 Å². The molecule has 0 fully saturated rings. The average Bonchev–Trinajstić information content (AvgIpc) is 2.63. The van der Waals surface area contributed by atoms with E-state index >= 15 is 0 Å². The molecule has 0 bridgehead atoms. The fourth-order valence-corrected chi connectivity index (χ4v) is 1.88. The summed E-state index contributed by atoms with van der Waals surface area (Å²) >= 11 is 4.64. The van der Waals surface area contributed by atoms with Crippen LogP contribution in [0.1, 0.15) is 31.9 Å². The minimum absolute atomic E-state index is 0.0289. The Balaban J connectivity index is 0.00000379. The maximum absolute atomic E-state index is 13.2. The largest absolute Gasteiger partial charge is 0.443 e. The van der Waals surface area contributed by atoms with Crippen molar-refractivity contribution in [2.24, 2.45) is 0 Å². The van der Waals surface area contributed by atoms with Gasteiger partial charge in [0.15, 0.2) is 0 Å². The molecule has 0 saturated carbocycles. The number of nitrogens with one attached hydrogen (secondary N) is 1. The lowest BCUT2D eigenvalue weighted by Crippen LogP contribution is -2.39. The fourth-order valence-electron chi connectivity index (χ4n) is 1.88. The maximum atomic E-state index is 13.2. The summed E-state index contributed by atoms with van der Waals surface area (Å²) in [5.74, 6) is -0.468. The van der Waals surface area contributed by atoms with E-state index in [1.165, 1.54) is 12.5 Å². The Bertz CT molecular complexity index is 772. The molecule has 29 heavy (non-hydrogen) atoms. The van der Waals surface area contributed by atoms with Crippen molar-refractivity contribution in [3.8, 4) is 0 Å². The molecule has 0 unspecified atom stereocenters. The summed E-state index contributed by atoms with van der Waals surface area (Å²) in [5, 5.41) is 8.01. The second kappa shape index (κ2) is 11.4. The lowest BCUT2D eigenvalue weighted by molar-refractivity contribution is -0.138. The minimum atomic E-state index is -4.65. The SMILES string of the molecule is C=C(C=O)/C=C\C(=N)N(Cc1cnccc1C(F)(F)F)C(=O)OC(C)(C)C.CCl. The molecule has 10 heteroatoms. The zero-order valence-corrected chi connectivity index (χ0v) is 17.3. The summed E-state index contributed by atoms with van der Waals surface area (Å²) in [4.78, 5) is 27.4. The van der Waals surface area contributed by atoms with E-state index in [1.54, 1.807) is 20.8 Å². The molecule has 0 spiro atoms. The van der Waals surface area contributed by atoms with E-state index in [0.717, 1.165) is 24.5 Å². The number of rotatable bonds is 5. The summed E-state index contributed by atoms with van der Waals surface area (Å²) in [7, 11) is 0. The number of pyridine rings is 1. The second-order valence-corrected chi connectivity index (χ2v) is 6.51. The Morgan fingerprint density at radius 2 is 1.90 bits per heavy atom. The molecule has 6 nitrogen and oxygen atoms in total. The number of carbonyl (C=O) groups is 2. The van der Waals surface area contributed by atoms with Gasteiger partial charge in [0.1, 0.15) is 17.7 Å². The first-order valence-corrected chi connectivity index (χ1v) is 8.90. The van der Waals surface area contributed by atoms with Gasteiger partial charge in [-0.2, -0.15) is 13.2 Å². The van der Waals surface area contributed by atoms with Gasteiger partial charge in [0, 0.05) is 29.9 Å². The average molecular weight is 434 g/mol. The van der Waals surface area contributed by atoms with Crippen molar-refractivity contribution in [1.29, 1.82) is 5.41 Å². The van der Waals surface area contributed by atoms with E-state index in [1.807, 2.05) is 0 Å². The molecule has 0 saturated heterocycles. The molecule has 1 rings (SSSR count). The van der Waals surface area contributed by atoms with Crippen molar-refractivity contribution >= 4 is 29.8 Å². The van der Waals surface area contributed by atoms with Gasteiger partial charge < -0.3 is 4.74 Å². The number of aromatic nitrogens is 1. The van der Waals surface area contributed by atoms with Gasteiger partial charge in [-0.15, -0.1) is 11.6 Å². The van der Waals surface area contributed by atoms with Crippen LogP contribution in [0.25, 0.3) is 0 Å². The van der Waals surface area contributed by atoms with Crippen molar-refractivity contribution in [2.75, 3.05) is 6.38 Å². The Morgan fingerprint density at radius 3 is 2.38 bits per heavy atom. The van der Waals surface area contributed by atoms with Crippen LogP contribution in [-0.2, 0) is 22.3 Å². The summed E-state index contributed by atoms with van der Waals surface area (Å²) in [6.07, 6.45) is 0.452. The van der Waals surface area contributed by atoms with Crippen molar-refractivity contribution in [1.82, 2.24) is 9.88 Å². The summed E-state index contributed by atoms with van der Waals surface area (Å²) < 4.78 is 44.7. The summed E-state index contributed by atoms with van der Waals surface area (Å²) in [6.45, 7) is 7.56. The number of allylic oxidation sites excluding steroid dienone is 2. The maximum Gasteiger partial charge on any atom is 0.416 e. The number of amides is 1. The van der Waals surface area contributed by atoms with Gasteiger partial charge >= 0.3 is 12.3 Å². The van der Waals surface area contributed by atoms with Gasteiger partial charge in [-0.3, -0.25) is 20.1 Å². The molecule has 0 radical (unpaired) electrons. The highest BCUT2D eigenvalue weighted by molar-refractivity contribution is 6.15. The van der Waals surface area contributed by atoms with Crippen molar-refractivity contribution < 1.29 is 27.5 Å². The number of halogens is 4. The molecular formula is C19H23ClF3N3O3. The number of hydrogen-bond acceptors (Lipinski definition) is 5. The van der Waals surface area contributed by atoms with Gasteiger partial charge in [0.25, 0.3) is 0 Å². The molecule has 0 aromatic carbocycles. The van der Waals surface area contributed by atoms with Gasteiger partial charge in [0.05, 0.1) is 12.1 Å². The van der Waals surface area contributed by atoms with Crippen LogP contribution in [0.3, 0.4) is 0 Å². The van der Waals surface area contributed by atoms with E-state index < -0.39 is 35.8 Å². The van der Waals surface area contributed by atoms with Crippen LogP contribution in [-0.4, -0.2) is 40.1 Å². The van der Waals surface area contributed by atoms with E-state index in [2.05, 4.69) is 23.2 Å². The normalized spacial score (nSPS) is 11.3. The number of alkyl halides is 4. The number of aldehydes is 1. The molecule has 0 aliphatic heterocycles. The van der Waals surface area contributed by atoms with E-state index in [-0.39, 0.29) is 11.1 Å². The molecule has 1 amide bonds. The molecule has 1 aromatic heterocycles. The third kappa shape index (κ3) is 9.38. The number of hydrogen-bond donors (Lipinski definition) is 1. The van der Waals surface area contributed by atoms with E-state index in [9.17, 15) is 22.8 Å². The Kier molecular flexibility index (Phi) is 10.3. The summed E-state index contributed by atoms with van der Waals surface area (Å²) in [5.41, 5.74) is -2.17. The third-order valence-corrected chi connectivity index (χ3v) is 3.05. The minimum Gasteiger partial charge on any atom is -0.443 e. The number of ether oxygens (including phenoxy) is 1. The van der Waals surface area contributed by atoms with E-state index in [0.29, 0.717) is 11.2 Å². The zero-order chi connectivity index (χ0) is 22.8. The standard InChI is InChI=1S/C18H20F3N3O3.CH3Cl/c1-12(11-25)5-6-15(22)24(16(26)27-17(2,3)4)10-13-9-23-8-7-14(13)18(19,20)21;1-2/h5-9,11,22H,1,10H2,2-4H3;1H3/b6-5-,22-15?;. The molecule has 0 atom stereocenters. The fraction of sp³-hybridized carbons (Fsp3) is 0.368. The van der Waals surface area contributed by atoms with Gasteiger partial charge in [-0.05, 0) is 39.0 Å². The third-order valence-electron chi connectivity index (χ3n) is 3.05. The van der Waals surface area contributed by atoms with Crippen LogP contribution in [0.4, 0.5) is 18.0 Å². The van der Waals surface area contributed by atoms with Crippen molar-refractivity contribution in [2.45, 2.75) is 39.1 Å². The van der Waals surface area contributed by atoms with E-state index in [4.69, 9.17) is 10.1 Å². The first-order valence-electron chi connectivity index (χ1n) is 8.14. The van der Waals surface area contributed by atoms with Crippen molar-refractivity contribution in [3.05, 3.63) is 53.9 Å². The van der Waals surface area contributed by atoms with Gasteiger partial charge in [0.2, 0.25) is 0 Å². The topological polar surface area (TPSA) is 83.4 Å². The molecular weight excluding hydrogens is 411 g/mol. The predicted molar refractivity (Wildman–Crippen MR) is 105 cm³/mol. The molecule has 1 N–H and O–H groups in total. The molecule has 160 valence electrons. The lowest BCUT2D eigenvalue weighted by Gasteiger charge is -2.27. The lowest BCUT2D eigenvalue weighted by atomic mass is 10.1. The first kappa shape index (κ1) is 26.3.